The smallest absolute Gasteiger partial charge is 0.191 e. The van der Waals surface area contributed by atoms with Gasteiger partial charge in [-0.1, -0.05) is 43.8 Å². The molecule has 0 aliphatic heterocycles. The maximum atomic E-state index is 12.9. The molecule has 1 aliphatic rings. The topological polar surface area (TPSA) is 63.6 Å². The zero-order valence-electron chi connectivity index (χ0n) is 14.7. The number of para-hydroxylation sites is 1. The van der Waals surface area contributed by atoms with Crippen molar-refractivity contribution in [2.24, 2.45) is 0 Å². The average Bonchev–Trinajstić information content (AvgIpc) is 3.23. The van der Waals surface area contributed by atoms with Gasteiger partial charge in [0.1, 0.15) is 5.82 Å². The zero-order chi connectivity index (χ0) is 17.6. The van der Waals surface area contributed by atoms with Crippen LogP contribution in [0.2, 0.25) is 0 Å². The third-order valence-electron chi connectivity index (χ3n) is 4.62. The summed E-state index contributed by atoms with van der Waals surface area (Å²) >= 11 is 1.50. The van der Waals surface area contributed by atoms with E-state index in [1.54, 1.807) is 0 Å². The summed E-state index contributed by atoms with van der Waals surface area (Å²) in [7, 11) is 0. The van der Waals surface area contributed by atoms with Gasteiger partial charge in [0.05, 0.1) is 5.75 Å². The first-order chi connectivity index (χ1) is 12.1. The first-order valence-corrected chi connectivity index (χ1v) is 9.73. The highest BCUT2D eigenvalue weighted by Gasteiger charge is 2.30. The van der Waals surface area contributed by atoms with Crippen molar-refractivity contribution in [1.29, 1.82) is 0 Å². The number of Topliss-reactive ketones (excluding diaryl/α,β-unsaturated/α-hetero) is 1. The quantitative estimate of drug-likeness (QED) is 0.523. The number of carbonyl (C=O) groups excluding carboxylic acids is 1. The van der Waals surface area contributed by atoms with Crippen LogP contribution in [0.3, 0.4) is 0 Å². The van der Waals surface area contributed by atoms with E-state index >= 15 is 0 Å². The normalized spacial score (nSPS) is 14.6. The van der Waals surface area contributed by atoms with Crippen LogP contribution in [0.25, 0.3) is 10.9 Å². The number of H-pyrrole nitrogens is 1. The Hall–Kier alpha value is -2.08. The van der Waals surface area contributed by atoms with E-state index in [9.17, 15) is 4.79 Å². The summed E-state index contributed by atoms with van der Waals surface area (Å²) in [5.74, 6) is 1.89. The molecule has 3 aromatic rings. The van der Waals surface area contributed by atoms with Gasteiger partial charge in [0.25, 0.3) is 0 Å². The summed E-state index contributed by atoms with van der Waals surface area (Å²) in [4.78, 5) is 16.2. The monoisotopic (exact) mass is 354 g/mol. The van der Waals surface area contributed by atoms with Crippen LogP contribution < -0.4 is 0 Å². The molecule has 1 N–H and O–H groups in total. The number of carbonyl (C=O) groups is 1. The average molecular weight is 354 g/mol. The molecule has 5 nitrogen and oxygen atoms in total. The van der Waals surface area contributed by atoms with E-state index in [4.69, 9.17) is 0 Å². The van der Waals surface area contributed by atoms with Crippen LogP contribution in [-0.4, -0.2) is 31.3 Å². The minimum atomic E-state index is 0.136. The van der Waals surface area contributed by atoms with E-state index in [-0.39, 0.29) is 5.78 Å². The number of thioether (sulfide) groups is 1. The Balaban J connectivity index is 1.57. The van der Waals surface area contributed by atoms with Gasteiger partial charge in [-0.3, -0.25) is 4.79 Å². The number of nitrogens with zero attached hydrogens (tertiary/aromatic N) is 3. The van der Waals surface area contributed by atoms with Crippen molar-refractivity contribution in [3.05, 3.63) is 41.3 Å². The van der Waals surface area contributed by atoms with Gasteiger partial charge in [-0.25, -0.2) is 0 Å². The molecule has 1 fully saturated rings. The van der Waals surface area contributed by atoms with Crippen LogP contribution in [0.1, 0.15) is 60.5 Å². The Kier molecular flexibility index (Phi) is 4.15. The highest BCUT2D eigenvalue weighted by Crippen LogP contribution is 2.40. The van der Waals surface area contributed by atoms with Crippen molar-refractivity contribution in [3.63, 3.8) is 0 Å². The fourth-order valence-electron chi connectivity index (χ4n) is 3.29. The molecule has 2 heterocycles. The minimum absolute atomic E-state index is 0.136. The number of aromatic amines is 1. The summed E-state index contributed by atoms with van der Waals surface area (Å²) < 4.78 is 2.24. The molecule has 1 aliphatic carbocycles. The zero-order valence-corrected chi connectivity index (χ0v) is 15.6. The molecule has 1 aromatic carbocycles. The number of hydrogen-bond donors (Lipinski definition) is 1. The second-order valence-corrected chi connectivity index (χ2v) is 7.92. The molecule has 2 aromatic heterocycles. The van der Waals surface area contributed by atoms with Crippen LogP contribution in [0.5, 0.6) is 0 Å². The maximum Gasteiger partial charge on any atom is 0.191 e. The van der Waals surface area contributed by atoms with Gasteiger partial charge >= 0.3 is 0 Å². The highest BCUT2D eigenvalue weighted by molar-refractivity contribution is 7.99. The van der Waals surface area contributed by atoms with Crippen molar-refractivity contribution in [1.82, 2.24) is 19.7 Å². The summed E-state index contributed by atoms with van der Waals surface area (Å²) in [6.07, 6.45) is 2.36. The molecule has 1 saturated carbocycles. The largest absolute Gasteiger partial charge is 0.358 e. The number of nitrogens with one attached hydrogen (secondary N) is 1. The van der Waals surface area contributed by atoms with E-state index in [0.29, 0.717) is 17.7 Å². The molecule has 0 atom stereocenters. The molecule has 0 amide bonds. The van der Waals surface area contributed by atoms with Crippen molar-refractivity contribution < 1.29 is 4.79 Å². The summed E-state index contributed by atoms with van der Waals surface area (Å²) in [6, 6.07) is 8.47. The first-order valence-electron chi connectivity index (χ1n) is 8.74. The Morgan fingerprint density at radius 2 is 2.08 bits per heavy atom. The molecular formula is C19H22N4OS. The Morgan fingerprint density at radius 1 is 1.32 bits per heavy atom. The lowest BCUT2D eigenvalue weighted by Gasteiger charge is -2.10. The lowest BCUT2D eigenvalue weighted by atomic mass is 10.1. The first kappa shape index (κ1) is 16.4. The molecule has 0 bridgehead atoms. The highest BCUT2D eigenvalue weighted by atomic mass is 32.2. The molecule has 0 radical (unpaired) electrons. The Bertz CT molecular complexity index is 936. The number of benzene rings is 1. The van der Waals surface area contributed by atoms with Gasteiger partial charge in [0, 0.05) is 34.1 Å². The molecule has 6 heteroatoms. The molecule has 0 spiro atoms. The maximum absolute atomic E-state index is 12.9. The van der Waals surface area contributed by atoms with Crippen LogP contribution in [0.4, 0.5) is 0 Å². The summed E-state index contributed by atoms with van der Waals surface area (Å²) in [5.41, 5.74) is 2.74. The summed E-state index contributed by atoms with van der Waals surface area (Å²) in [6.45, 7) is 6.23. The van der Waals surface area contributed by atoms with Gasteiger partial charge in [-0.05, 0) is 25.8 Å². The molecular weight excluding hydrogens is 332 g/mol. The van der Waals surface area contributed by atoms with E-state index in [1.165, 1.54) is 24.6 Å². The van der Waals surface area contributed by atoms with E-state index in [1.807, 2.05) is 31.2 Å². The van der Waals surface area contributed by atoms with Crippen LogP contribution >= 0.6 is 11.8 Å². The van der Waals surface area contributed by atoms with Gasteiger partial charge in [0.15, 0.2) is 10.9 Å². The lowest BCUT2D eigenvalue weighted by Crippen LogP contribution is -2.07. The molecule has 130 valence electrons. The second kappa shape index (κ2) is 6.33. The number of rotatable bonds is 6. The van der Waals surface area contributed by atoms with Crippen LogP contribution in [-0.2, 0) is 0 Å². The van der Waals surface area contributed by atoms with E-state index in [2.05, 4.69) is 33.6 Å². The third-order valence-corrected chi connectivity index (χ3v) is 5.57. The van der Waals surface area contributed by atoms with E-state index in [0.717, 1.165) is 33.1 Å². The number of ketones is 1. The van der Waals surface area contributed by atoms with Crippen LogP contribution in [0, 0.1) is 6.92 Å². The number of hydrogen-bond acceptors (Lipinski definition) is 4. The molecule has 4 rings (SSSR count). The summed E-state index contributed by atoms with van der Waals surface area (Å²) in [5, 5.41) is 10.6. The predicted octanol–water partition coefficient (Wildman–Crippen LogP) is 4.50. The molecule has 25 heavy (non-hydrogen) atoms. The van der Waals surface area contributed by atoms with Gasteiger partial charge in [-0.2, -0.15) is 0 Å². The second-order valence-electron chi connectivity index (χ2n) is 6.98. The number of aryl methyl sites for hydroxylation is 1. The van der Waals surface area contributed by atoms with Gasteiger partial charge in [0.2, 0.25) is 0 Å². The SMILES string of the molecule is Cc1[nH]c2ccccc2c1C(=O)CSc1nnc(C(C)C)n1C1CC1. The van der Waals surface area contributed by atoms with E-state index < -0.39 is 0 Å². The van der Waals surface area contributed by atoms with Crippen molar-refractivity contribution >= 4 is 28.4 Å². The number of aromatic nitrogens is 4. The fraction of sp³-hybridized carbons (Fsp3) is 0.421. The number of fused-ring (bicyclic) bond motifs is 1. The lowest BCUT2D eigenvalue weighted by molar-refractivity contribution is 0.102. The minimum Gasteiger partial charge on any atom is -0.358 e. The predicted molar refractivity (Wildman–Crippen MR) is 100 cm³/mol. The Labute approximate surface area is 151 Å². The van der Waals surface area contributed by atoms with Crippen LogP contribution in [0.15, 0.2) is 29.4 Å². The third kappa shape index (κ3) is 2.99. The van der Waals surface area contributed by atoms with Crippen molar-refractivity contribution in [3.8, 4) is 0 Å². The van der Waals surface area contributed by atoms with Crippen molar-refractivity contribution in [2.45, 2.75) is 50.7 Å². The fourth-order valence-corrected chi connectivity index (χ4v) is 4.18. The molecule has 0 saturated heterocycles. The van der Waals surface area contributed by atoms with Gasteiger partial charge in [-0.15, -0.1) is 10.2 Å². The molecule has 0 unspecified atom stereocenters. The van der Waals surface area contributed by atoms with Gasteiger partial charge < -0.3 is 9.55 Å². The standard InChI is InChI=1S/C19H22N4OS/c1-11(2)18-21-22-19(23(18)13-8-9-13)25-10-16(24)17-12(3)20-15-7-5-4-6-14(15)17/h4-7,11,13,20H,8-10H2,1-3H3. The Morgan fingerprint density at radius 3 is 2.80 bits per heavy atom. The van der Waals surface area contributed by atoms with Crippen molar-refractivity contribution in [2.75, 3.05) is 5.75 Å².